The summed E-state index contributed by atoms with van der Waals surface area (Å²) in [6, 6.07) is 0.871. The molecular formula is C12H25NO. The highest BCUT2D eigenvalue weighted by Crippen LogP contribution is 2.18. The van der Waals surface area contributed by atoms with Crippen molar-refractivity contribution in [3.63, 3.8) is 0 Å². The van der Waals surface area contributed by atoms with Crippen molar-refractivity contribution in [3.8, 4) is 0 Å². The highest BCUT2D eigenvalue weighted by atomic mass is 16.5. The van der Waals surface area contributed by atoms with Crippen LogP contribution in [0.4, 0.5) is 0 Å². The molecule has 0 amide bonds. The Morgan fingerprint density at radius 1 is 1.07 bits per heavy atom. The predicted molar refractivity (Wildman–Crippen MR) is 60.6 cm³/mol. The van der Waals surface area contributed by atoms with Gasteiger partial charge in [0.25, 0.3) is 0 Å². The smallest absolute Gasteiger partial charge is 0.0466 e. The van der Waals surface area contributed by atoms with E-state index in [0.29, 0.717) is 0 Å². The van der Waals surface area contributed by atoms with Crippen LogP contribution in [0.1, 0.15) is 51.9 Å². The summed E-state index contributed by atoms with van der Waals surface area (Å²) in [6.45, 7) is 5.33. The highest BCUT2D eigenvalue weighted by Gasteiger charge is 2.19. The van der Waals surface area contributed by atoms with Crippen molar-refractivity contribution in [1.29, 1.82) is 0 Å². The van der Waals surface area contributed by atoms with Gasteiger partial charge in [0.1, 0.15) is 0 Å². The van der Waals surface area contributed by atoms with E-state index in [0.717, 1.165) is 19.3 Å². The lowest BCUT2D eigenvalue weighted by Gasteiger charge is -2.04. The second-order valence-electron chi connectivity index (χ2n) is 4.25. The topological polar surface area (TPSA) is 21.3 Å². The van der Waals surface area contributed by atoms with Gasteiger partial charge in [-0.25, -0.2) is 0 Å². The lowest BCUT2D eigenvalue weighted by Crippen LogP contribution is -2.17. The molecule has 0 spiro atoms. The van der Waals surface area contributed by atoms with Crippen LogP contribution in [0.5, 0.6) is 0 Å². The maximum absolute atomic E-state index is 5.49. The maximum Gasteiger partial charge on any atom is 0.0466 e. The molecule has 14 heavy (non-hydrogen) atoms. The monoisotopic (exact) mass is 199 g/mol. The summed E-state index contributed by atoms with van der Waals surface area (Å²) in [4.78, 5) is 0. The van der Waals surface area contributed by atoms with E-state index in [9.17, 15) is 0 Å². The quantitative estimate of drug-likeness (QED) is 0.546. The highest BCUT2D eigenvalue weighted by molar-refractivity contribution is 4.80. The second kappa shape index (κ2) is 8.25. The fourth-order valence-electron chi connectivity index (χ4n) is 1.45. The Kier molecular flexibility index (Phi) is 7.06. The predicted octanol–water partition coefficient (Wildman–Crippen LogP) is 2.73. The fourth-order valence-corrected chi connectivity index (χ4v) is 1.45. The molecule has 0 aliphatic heterocycles. The van der Waals surface area contributed by atoms with Crippen molar-refractivity contribution in [1.82, 2.24) is 5.32 Å². The first kappa shape index (κ1) is 12.0. The van der Waals surface area contributed by atoms with E-state index in [1.807, 2.05) is 0 Å². The number of rotatable bonds is 10. The Morgan fingerprint density at radius 3 is 2.57 bits per heavy atom. The van der Waals surface area contributed by atoms with Gasteiger partial charge >= 0.3 is 0 Å². The molecule has 0 aromatic carbocycles. The third kappa shape index (κ3) is 7.34. The first-order chi connectivity index (χ1) is 6.93. The van der Waals surface area contributed by atoms with Crippen molar-refractivity contribution in [2.24, 2.45) is 0 Å². The first-order valence-corrected chi connectivity index (χ1v) is 6.24. The van der Waals surface area contributed by atoms with Gasteiger partial charge in [0.2, 0.25) is 0 Å². The Morgan fingerprint density at radius 2 is 1.86 bits per heavy atom. The minimum atomic E-state index is 0.871. The molecule has 0 radical (unpaired) electrons. The van der Waals surface area contributed by atoms with Crippen LogP contribution in [-0.4, -0.2) is 25.8 Å². The molecule has 0 aromatic heterocycles. The number of hydrogen-bond donors (Lipinski definition) is 1. The standard InChI is InChI=1S/C12H25NO/c1-2-3-10-14-11-6-4-5-9-13-12-7-8-12/h12-13H,2-11H2,1H3. The van der Waals surface area contributed by atoms with Crippen LogP contribution in [0, 0.1) is 0 Å². The molecule has 2 heteroatoms. The lowest BCUT2D eigenvalue weighted by molar-refractivity contribution is 0.127. The van der Waals surface area contributed by atoms with Gasteiger partial charge in [-0.05, 0) is 45.1 Å². The van der Waals surface area contributed by atoms with E-state index in [1.54, 1.807) is 0 Å². The largest absolute Gasteiger partial charge is 0.381 e. The molecule has 0 heterocycles. The van der Waals surface area contributed by atoms with E-state index in [4.69, 9.17) is 4.74 Å². The zero-order valence-electron chi connectivity index (χ0n) is 9.56. The molecule has 2 nitrogen and oxygen atoms in total. The van der Waals surface area contributed by atoms with Gasteiger partial charge in [-0.15, -0.1) is 0 Å². The molecule has 0 unspecified atom stereocenters. The van der Waals surface area contributed by atoms with Gasteiger partial charge in [0.15, 0.2) is 0 Å². The van der Waals surface area contributed by atoms with Crippen LogP contribution in [0.2, 0.25) is 0 Å². The van der Waals surface area contributed by atoms with Crippen molar-refractivity contribution in [2.75, 3.05) is 19.8 Å². The number of nitrogens with one attached hydrogen (secondary N) is 1. The van der Waals surface area contributed by atoms with Crippen molar-refractivity contribution in [2.45, 2.75) is 57.9 Å². The molecule has 0 aromatic rings. The summed E-state index contributed by atoms with van der Waals surface area (Å²) in [5.41, 5.74) is 0. The van der Waals surface area contributed by atoms with Gasteiger partial charge in [-0.3, -0.25) is 0 Å². The van der Waals surface area contributed by atoms with E-state index in [2.05, 4.69) is 12.2 Å². The summed E-state index contributed by atoms with van der Waals surface area (Å²) < 4.78 is 5.49. The van der Waals surface area contributed by atoms with Crippen LogP contribution in [0.15, 0.2) is 0 Å². The van der Waals surface area contributed by atoms with Crippen molar-refractivity contribution < 1.29 is 4.74 Å². The van der Waals surface area contributed by atoms with Crippen LogP contribution in [-0.2, 0) is 4.74 Å². The molecule has 1 aliphatic rings. The zero-order chi connectivity index (χ0) is 10.1. The van der Waals surface area contributed by atoms with Crippen LogP contribution < -0.4 is 5.32 Å². The SMILES string of the molecule is CCCCOCCCCCNC1CC1. The van der Waals surface area contributed by atoms with Gasteiger partial charge in [-0.1, -0.05) is 13.3 Å². The lowest BCUT2D eigenvalue weighted by atomic mass is 10.2. The average molecular weight is 199 g/mol. The third-order valence-corrected chi connectivity index (χ3v) is 2.62. The maximum atomic E-state index is 5.49. The molecule has 84 valence electrons. The third-order valence-electron chi connectivity index (χ3n) is 2.62. The van der Waals surface area contributed by atoms with Gasteiger partial charge in [0, 0.05) is 19.3 Å². The van der Waals surface area contributed by atoms with Gasteiger partial charge < -0.3 is 10.1 Å². The zero-order valence-corrected chi connectivity index (χ0v) is 9.56. The van der Waals surface area contributed by atoms with Gasteiger partial charge in [0.05, 0.1) is 0 Å². The van der Waals surface area contributed by atoms with E-state index < -0.39 is 0 Å². The Labute approximate surface area is 88.4 Å². The van der Waals surface area contributed by atoms with E-state index >= 15 is 0 Å². The molecule has 0 saturated heterocycles. The fraction of sp³-hybridized carbons (Fsp3) is 1.00. The number of ether oxygens (including phenoxy) is 1. The minimum Gasteiger partial charge on any atom is -0.381 e. The van der Waals surface area contributed by atoms with Gasteiger partial charge in [-0.2, -0.15) is 0 Å². The normalized spacial score (nSPS) is 16.1. The van der Waals surface area contributed by atoms with Crippen LogP contribution in [0.25, 0.3) is 0 Å². The molecule has 0 bridgehead atoms. The summed E-state index contributed by atoms with van der Waals surface area (Å²) in [6.07, 6.45) is 9.12. The molecular weight excluding hydrogens is 174 g/mol. The summed E-state index contributed by atoms with van der Waals surface area (Å²) in [5, 5.41) is 3.53. The second-order valence-corrected chi connectivity index (χ2v) is 4.25. The molecule has 1 fully saturated rings. The molecule has 1 aliphatic carbocycles. The summed E-state index contributed by atoms with van der Waals surface area (Å²) in [7, 11) is 0. The number of hydrogen-bond acceptors (Lipinski definition) is 2. The van der Waals surface area contributed by atoms with Crippen molar-refractivity contribution in [3.05, 3.63) is 0 Å². The van der Waals surface area contributed by atoms with E-state index in [-0.39, 0.29) is 0 Å². The number of unbranched alkanes of at least 4 members (excludes halogenated alkanes) is 3. The Bertz CT molecular complexity index is 123. The molecule has 1 saturated carbocycles. The molecule has 1 rings (SSSR count). The van der Waals surface area contributed by atoms with Crippen LogP contribution >= 0.6 is 0 Å². The molecule has 1 N–H and O–H groups in total. The first-order valence-electron chi connectivity index (χ1n) is 6.24. The summed E-state index contributed by atoms with van der Waals surface area (Å²) >= 11 is 0. The Hall–Kier alpha value is -0.0800. The molecule has 0 atom stereocenters. The average Bonchev–Trinajstić information content (AvgIpc) is 2.99. The van der Waals surface area contributed by atoms with Crippen LogP contribution in [0.3, 0.4) is 0 Å². The van der Waals surface area contributed by atoms with E-state index in [1.165, 1.54) is 51.5 Å². The summed E-state index contributed by atoms with van der Waals surface area (Å²) in [5.74, 6) is 0. The Balaban J connectivity index is 1.63. The van der Waals surface area contributed by atoms with Crippen molar-refractivity contribution >= 4 is 0 Å². The minimum absolute atomic E-state index is 0.871.